The molecule has 0 aromatic carbocycles. The van der Waals surface area contributed by atoms with E-state index in [0.717, 1.165) is 0 Å². The Morgan fingerprint density at radius 3 is 2.39 bits per heavy atom. The first-order valence-corrected chi connectivity index (χ1v) is 7.79. The normalized spacial score (nSPS) is 26.6. The minimum atomic E-state index is -3.41. The van der Waals surface area contributed by atoms with Gasteiger partial charge in [-0.3, -0.25) is 4.79 Å². The van der Waals surface area contributed by atoms with E-state index in [-0.39, 0.29) is 25.1 Å². The van der Waals surface area contributed by atoms with Crippen molar-refractivity contribution in [1.82, 2.24) is 4.90 Å². The number of carbonyl (C=O) groups is 2. The highest BCUT2D eigenvalue weighted by Gasteiger charge is 2.50. The maximum absolute atomic E-state index is 11.7. The van der Waals surface area contributed by atoms with Crippen molar-refractivity contribution in [3.8, 4) is 0 Å². The van der Waals surface area contributed by atoms with Crippen LogP contribution in [0.1, 0.15) is 33.1 Å². The second kappa shape index (κ2) is 5.26. The first kappa shape index (κ1) is 14.9. The van der Waals surface area contributed by atoms with Crippen molar-refractivity contribution in [3.63, 3.8) is 0 Å². The molecule has 1 amide bonds. The molecular formula is C11H19NO5S. The molecule has 1 rings (SSSR count). The van der Waals surface area contributed by atoms with E-state index >= 15 is 0 Å². The molecule has 104 valence electrons. The number of sulfone groups is 1. The fourth-order valence-electron chi connectivity index (χ4n) is 2.49. The Morgan fingerprint density at radius 1 is 1.39 bits per heavy atom. The van der Waals surface area contributed by atoms with Crippen molar-refractivity contribution in [3.05, 3.63) is 0 Å². The number of carbonyl (C=O) groups excluding carboxylic acids is 1. The molecule has 6 nitrogen and oxygen atoms in total. The van der Waals surface area contributed by atoms with E-state index in [2.05, 4.69) is 0 Å². The number of carboxylic acids is 1. The molecule has 0 spiro atoms. The summed E-state index contributed by atoms with van der Waals surface area (Å²) in [6, 6.07) is 0. The second-order valence-electron chi connectivity index (χ2n) is 4.70. The van der Waals surface area contributed by atoms with Gasteiger partial charge in [-0.25, -0.2) is 13.2 Å². The lowest BCUT2D eigenvalue weighted by Gasteiger charge is -2.42. The molecular weight excluding hydrogens is 258 g/mol. The van der Waals surface area contributed by atoms with E-state index in [1.54, 1.807) is 0 Å². The molecule has 0 bridgehead atoms. The van der Waals surface area contributed by atoms with E-state index in [4.69, 9.17) is 0 Å². The van der Waals surface area contributed by atoms with Crippen LogP contribution >= 0.6 is 0 Å². The minimum absolute atomic E-state index is 0.0000994. The smallest absolute Gasteiger partial charge is 0.330 e. The molecule has 1 aliphatic heterocycles. The summed E-state index contributed by atoms with van der Waals surface area (Å²) < 4.78 is 23.4. The molecule has 7 heteroatoms. The number of hydrogen-bond donors (Lipinski definition) is 1. The predicted molar refractivity (Wildman–Crippen MR) is 65.9 cm³/mol. The van der Waals surface area contributed by atoms with Crippen molar-refractivity contribution in [1.29, 1.82) is 0 Å². The highest BCUT2D eigenvalue weighted by atomic mass is 32.2. The van der Waals surface area contributed by atoms with Crippen LogP contribution in [-0.4, -0.2) is 53.9 Å². The van der Waals surface area contributed by atoms with Gasteiger partial charge in [-0.15, -0.1) is 0 Å². The van der Waals surface area contributed by atoms with Crippen LogP contribution in [0.4, 0.5) is 0 Å². The first-order chi connectivity index (χ1) is 8.25. The van der Waals surface area contributed by atoms with Crippen LogP contribution < -0.4 is 0 Å². The Labute approximate surface area is 107 Å². The van der Waals surface area contributed by atoms with Crippen molar-refractivity contribution >= 4 is 21.7 Å². The van der Waals surface area contributed by atoms with Gasteiger partial charge < -0.3 is 10.0 Å². The molecule has 0 radical (unpaired) electrons. The summed E-state index contributed by atoms with van der Waals surface area (Å²) in [6.45, 7) is 3.36. The molecule has 0 aliphatic carbocycles. The van der Waals surface area contributed by atoms with Crippen LogP contribution in [0.25, 0.3) is 0 Å². The van der Waals surface area contributed by atoms with Gasteiger partial charge in [0.05, 0.1) is 11.5 Å². The number of nitrogens with zero attached hydrogens (tertiary/aromatic N) is 1. The van der Waals surface area contributed by atoms with Crippen molar-refractivity contribution in [2.75, 3.05) is 18.1 Å². The summed E-state index contributed by atoms with van der Waals surface area (Å²) in [7, 11) is -3.41. The number of amides is 1. The largest absolute Gasteiger partial charge is 0.479 e. The second-order valence-corrected chi connectivity index (χ2v) is 6.89. The lowest BCUT2D eigenvalue weighted by Crippen LogP contribution is -2.62. The standard InChI is InChI=1S/C11H19NO5S/c1-3-6-12(9(2)13)11(10(14)15)5-4-7-18(16,17)8-11/h3-8H2,1-2H3,(H,14,15). The lowest BCUT2D eigenvalue weighted by atomic mass is 9.92. The van der Waals surface area contributed by atoms with Crippen molar-refractivity contribution < 1.29 is 23.1 Å². The Hall–Kier alpha value is -1.11. The van der Waals surface area contributed by atoms with E-state index in [1.165, 1.54) is 11.8 Å². The molecule has 1 fully saturated rings. The van der Waals surface area contributed by atoms with E-state index in [9.17, 15) is 23.1 Å². The topological polar surface area (TPSA) is 91.8 Å². The molecule has 0 saturated carbocycles. The van der Waals surface area contributed by atoms with Crippen LogP contribution in [0.5, 0.6) is 0 Å². The Bertz CT molecular complexity index is 444. The summed E-state index contributed by atoms with van der Waals surface area (Å²) in [5.41, 5.74) is -1.58. The maximum Gasteiger partial charge on any atom is 0.330 e. The zero-order chi connectivity index (χ0) is 14.0. The fourth-order valence-corrected chi connectivity index (χ4v) is 4.37. The van der Waals surface area contributed by atoms with Crippen LogP contribution in [0.15, 0.2) is 0 Å². The molecule has 1 unspecified atom stereocenters. The van der Waals surface area contributed by atoms with Crippen LogP contribution in [0, 0.1) is 0 Å². The van der Waals surface area contributed by atoms with Crippen LogP contribution in [0.2, 0.25) is 0 Å². The summed E-state index contributed by atoms with van der Waals surface area (Å²) in [5.74, 6) is -2.10. The number of carboxylic acid groups (broad SMARTS) is 1. The Kier molecular flexibility index (Phi) is 4.37. The average molecular weight is 277 g/mol. The van der Waals surface area contributed by atoms with Crippen molar-refractivity contribution in [2.24, 2.45) is 0 Å². The molecule has 1 N–H and O–H groups in total. The molecule has 0 aromatic heterocycles. The van der Waals surface area contributed by atoms with Crippen molar-refractivity contribution in [2.45, 2.75) is 38.6 Å². The highest BCUT2D eigenvalue weighted by Crippen LogP contribution is 2.30. The van der Waals surface area contributed by atoms with Gasteiger partial charge in [0.15, 0.2) is 15.4 Å². The summed E-state index contributed by atoms with van der Waals surface area (Å²) >= 11 is 0. The zero-order valence-electron chi connectivity index (χ0n) is 10.7. The van der Waals surface area contributed by atoms with E-state index < -0.39 is 33.0 Å². The average Bonchev–Trinajstić information content (AvgIpc) is 2.23. The fraction of sp³-hybridized carbons (Fsp3) is 0.818. The van der Waals surface area contributed by atoms with Gasteiger partial charge in [-0.1, -0.05) is 6.92 Å². The van der Waals surface area contributed by atoms with Gasteiger partial charge in [0.1, 0.15) is 0 Å². The summed E-state index contributed by atoms with van der Waals surface area (Å²) in [6.07, 6.45) is 1.07. The first-order valence-electron chi connectivity index (χ1n) is 5.97. The number of hydrogen-bond acceptors (Lipinski definition) is 4. The molecule has 1 heterocycles. The molecule has 1 aliphatic rings. The lowest BCUT2D eigenvalue weighted by molar-refractivity contribution is -0.157. The van der Waals surface area contributed by atoms with Gasteiger partial charge >= 0.3 is 5.97 Å². The quantitative estimate of drug-likeness (QED) is 0.796. The maximum atomic E-state index is 11.7. The van der Waals surface area contributed by atoms with Gasteiger partial charge in [-0.2, -0.15) is 0 Å². The summed E-state index contributed by atoms with van der Waals surface area (Å²) in [5, 5.41) is 9.41. The number of aliphatic carboxylic acids is 1. The predicted octanol–water partition coefficient (Wildman–Crippen LogP) is 0.277. The van der Waals surface area contributed by atoms with Gasteiger partial charge in [-0.05, 0) is 19.3 Å². The molecule has 18 heavy (non-hydrogen) atoms. The van der Waals surface area contributed by atoms with Gasteiger partial charge in [0, 0.05) is 13.5 Å². The SMILES string of the molecule is CCCN(C(C)=O)C1(C(=O)O)CCCS(=O)(=O)C1. The minimum Gasteiger partial charge on any atom is -0.479 e. The van der Waals surface area contributed by atoms with E-state index in [1.807, 2.05) is 6.92 Å². The molecule has 1 atom stereocenters. The number of rotatable bonds is 4. The molecule has 1 saturated heterocycles. The van der Waals surface area contributed by atoms with Gasteiger partial charge in [0.25, 0.3) is 0 Å². The molecule has 0 aromatic rings. The summed E-state index contributed by atoms with van der Waals surface area (Å²) in [4.78, 5) is 24.3. The van der Waals surface area contributed by atoms with E-state index in [0.29, 0.717) is 6.42 Å². The Balaban J connectivity index is 3.21. The zero-order valence-corrected chi connectivity index (χ0v) is 11.5. The monoisotopic (exact) mass is 277 g/mol. The third-order valence-corrected chi connectivity index (χ3v) is 5.07. The Morgan fingerprint density at radius 2 is 2.00 bits per heavy atom. The van der Waals surface area contributed by atoms with Crippen LogP contribution in [0.3, 0.4) is 0 Å². The van der Waals surface area contributed by atoms with Crippen LogP contribution in [-0.2, 0) is 19.4 Å². The third kappa shape index (κ3) is 2.82. The van der Waals surface area contributed by atoms with Gasteiger partial charge in [0.2, 0.25) is 5.91 Å². The third-order valence-electron chi connectivity index (χ3n) is 3.25. The highest BCUT2D eigenvalue weighted by molar-refractivity contribution is 7.91.